The molecular formula is C17H15N3O2. The molecule has 0 aliphatic rings. The topological polar surface area (TPSA) is 64.0 Å². The van der Waals surface area contributed by atoms with Crippen molar-refractivity contribution in [1.82, 2.24) is 9.55 Å². The number of amides is 1. The van der Waals surface area contributed by atoms with Crippen molar-refractivity contribution in [1.29, 1.82) is 0 Å². The SMILES string of the molecule is Cc1ccc(NC(=O)c2cc3cccnc3n(C)c2=O)cc1. The van der Waals surface area contributed by atoms with Gasteiger partial charge in [-0.15, -0.1) is 0 Å². The first-order valence-electron chi connectivity index (χ1n) is 6.89. The van der Waals surface area contributed by atoms with Crippen LogP contribution in [0.4, 0.5) is 5.69 Å². The number of nitrogens with zero attached hydrogens (tertiary/aromatic N) is 2. The number of carbonyl (C=O) groups is 1. The van der Waals surface area contributed by atoms with E-state index in [0.29, 0.717) is 11.3 Å². The molecule has 1 amide bonds. The smallest absolute Gasteiger partial charge is 0.264 e. The van der Waals surface area contributed by atoms with E-state index in [1.165, 1.54) is 4.57 Å². The van der Waals surface area contributed by atoms with Crippen LogP contribution in [0.5, 0.6) is 0 Å². The van der Waals surface area contributed by atoms with Crippen LogP contribution in [0, 0.1) is 6.92 Å². The molecule has 2 aromatic heterocycles. The highest BCUT2D eigenvalue weighted by atomic mass is 16.2. The monoisotopic (exact) mass is 293 g/mol. The summed E-state index contributed by atoms with van der Waals surface area (Å²) in [5.74, 6) is -0.421. The number of pyridine rings is 2. The summed E-state index contributed by atoms with van der Waals surface area (Å²) in [7, 11) is 1.61. The largest absolute Gasteiger partial charge is 0.322 e. The molecule has 22 heavy (non-hydrogen) atoms. The molecule has 110 valence electrons. The highest BCUT2D eigenvalue weighted by Gasteiger charge is 2.14. The van der Waals surface area contributed by atoms with Gasteiger partial charge in [-0.1, -0.05) is 17.7 Å². The second-order valence-corrected chi connectivity index (χ2v) is 5.16. The van der Waals surface area contributed by atoms with Crippen LogP contribution in [0.15, 0.2) is 53.5 Å². The van der Waals surface area contributed by atoms with Gasteiger partial charge in [-0.05, 0) is 37.3 Å². The van der Waals surface area contributed by atoms with E-state index in [9.17, 15) is 9.59 Å². The van der Waals surface area contributed by atoms with Crippen molar-refractivity contribution >= 4 is 22.6 Å². The van der Waals surface area contributed by atoms with Crippen molar-refractivity contribution in [3.8, 4) is 0 Å². The van der Waals surface area contributed by atoms with Gasteiger partial charge in [0.1, 0.15) is 11.2 Å². The lowest BCUT2D eigenvalue weighted by Crippen LogP contribution is -2.28. The molecule has 0 saturated carbocycles. The van der Waals surface area contributed by atoms with Crippen LogP contribution in [0.1, 0.15) is 15.9 Å². The zero-order valence-electron chi connectivity index (χ0n) is 12.3. The molecule has 1 aromatic carbocycles. The van der Waals surface area contributed by atoms with Gasteiger partial charge in [0.15, 0.2) is 0 Å². The van der Waals surface area contributed by atoms with Crippen molar-refractivity contribution in [2.75, 3.05) is 5.32 Å². The number of hydrogen-bond acceptors (Lipinski definition) is 3. The number of fused-ring (bicyclic) bond motifs is 1. The van der Waals surface area contributed by atoms with Gasteiger partial charge in [0.05, 0.1) is 0 Å². The lowest BCUT2D eigenvalue weighted by atomic mass is 10.1. The average molecular weight is 293 g/mol. The van der Waals surface area contributed by atoms with E-state index in [1.807, 2.05) is 25.1 Å². The van der Waals surface area contributed by atoms with Crippen molar-refractivity contribution in [3.05, 3.63) is 70.1 Å². The average Bonchev–Trinajstić information content (AvgIpc) is 2.53. The normalized spacial score (nSPS) is 10.6. The molecule has 1 N–H and O–H groups in total. The maximum Gasteiger partial charge on any atom is 0.264 e. The minimum atomic E-state index is -0.421. The fourth-order valence-electron chi connectivity index (χ4n) is 2.29. The zero-order chi connectivity index (χ0) is 15.7. The van der Waals surface area contributed by atoms with E-state index in [1.54, 1.807) is 37.5 Å². The molecule has 0 aliphatic carbocycles. The molecule has 0 radical (unpaired) electrons. The molecule has 0 atom stereocenters. The zero-order valence-corrected chi connectivity index (χ0v) is 12.3. The Bertz CT molecular complexity index is 911. The lowest BCUT2D eigenvalue weighted by Gasteiger charge is -2.09. The van der Waals surface area contributed by atoms with Crippen molar-refractivity contribution < 1.29 is 4.79 Å². The highest BCUT2D eigenvalue weighted by Crippen LogP contribution is 2.13. The van der Waals surface area contributed by atoms with Crippen molar-refractivity contribution in [2.24, 2.45) is 7.05 Å². The molecule has 5 nitrogen and oxygen atoms in total. The van der Waals surface area contributed by atoms with Crippen LogP contribution in [0.3, 0.4) is 0 Å². The van der Waals surface area contributed by atoms with E-state index < -0.39 is 5.91 Å². The number of hydrogen-bond donors (Lipinski definition) is 1. The third-order valence-electron chi connectivity index (χ3n) is 3.52. The Morgan fingerprint density at radius 3 is 2.64 bits per heavy atom. The number of rotatable bonds is 2. The van der Waals surface area contributed by atoms with Gasteiger partial charge in [0, 0.05) is 24.3 Å². The third-order valence-corrected chi connectivity index (χ3v) is 3.52. The summed E-state index contributed by atoms with van der Waals surface area (Å²) in [4.78, 5) is 28.9. The maximum atomic E-state index is 12.4. The van der Waals surface area contributed by atoms with Crippen LogP contribution in [-0.2, 0) is 7.05 Å². The van der Waals surface area contributed by atoms with Gasteiger partial charge in [0.25, 0.3) is 11.5 Å². The minimum Gasteiger partial charge on any atom is -0.322 e. The predicted octanol–water partition coefficient (Wildman–Crippen LogP) is 2.49. The fraction of sp³-hybridized carbons (Fsp3) is 0.118. The summed E-state index contributed by atoms with van der Waals surface area (Å²) in [5.41, 5.74) is 2.05. The summed E-state index contributed by atoms with van der Waals surface area (Å²) in [6.45, 7) is 1.97. The van der Waals surface area contributed by atoms with Gasteiger partial charge < -0.3 is 5.32 Å². The molecule has 5 heteroatoms. The number of carbonyl (C=O) groups excluding carboxylic acids is 1. The summed E-state index contributed by atoms with van der Waals surface area (Å²) in [5, 5.41) is 3.49. The third kappa shape index (κ3) is 2.48. The van der Waals surface area contributed by atoms with Crippen LogP contribution in [0.25, 0.3) is 11.0 Å². The molecular weight excluding hydrogens is 278 g/mol. The molecule has 0 aliphatic heterocycles. The van der Waals surface area contributed by atoms with E-state index >= 15 is 0 Å². The second-order valence-electron chi connectivity index (χ2n) is 5.16. The Morgan fingerprint density at radius 1 is 1.18 bits per heavy atom. The van der Waals surface area contributed by atoms with Crippen LogP contribution < -0.4 is 10.9 Å². The fourth-order valence-corrected chi connectivity index (χ4v) is 2.29. The summed E-state index contributed by atoms with van der Waals surface area (Å²) >= 11 is 0. The molecule has 0 spiro atoms. The number of nitrogens with one attached hydrogen (secondary N) is 1. The van der Waals surface area contributed by atoms with Gasteiger partial charge >= 0.3 is 0 Å². The molecule has 0 unspecified atom stereocenters. The van der Waals surface area contributed by atoms with Gasteiger partial charge in [-0.2, -0.15) is 0 Å². The molecule has 3 rings (SSSR count). The Labute approximate surface area is 127 Å². The van der Waals surface area contributed by atoms with Gasteiger partial charge in [-0.25, -0.2) is 4.98 Å². The number of aromatic nitrogens is 2. The summed E-state index contributed by atoms with van der Waals surface area (Å²) in [6, 6.07) is 12.6. The Kier molecular flexibility index (Phi) is 3.47. The molecule has 0 saturated heterocycles. The minimum absolute atomic E-state index is 0.101. The first-order chi connectivity index (χ1) is 10.6. The van der Waals surface area contributed by atoms with E-state index in [0.717, 1.165) is 10.9 Å². The van der Waals surface area contributed by atoms with E-state index in [-0.39, 0.29) is 11.1 Å². The van der Waals surface area contributed by atoms with Crippen molar-refractivity contribution in [2.45, 2.75) is 6.92 Å². The van der Waals surface area contributed by atoms with Gasteiger partial charge in [0.2, 0.25) is 0 Å². The Morgan fingerprint density at radius 2 is 1.91 bits per heavy atom. The quantitative estimate of drug-likeness (QED) is 0.789. The number of benzene rings is 1. The first kappa shape index (κ1) is 14.0. The Balaban J connectivity index is 2.02. The van der Waals surface area contributed by atoms with Crippen LogP contribution in [0.2, 0.25) is 0 Å². The van der Waals surface area contributed by atoms with Crippen LogP contribution in [-0.4, -0.2) is 15.5 Å². The summed E-state index contributed by atoms with van der Waals surface area (Å²) in [6.07, 6.45) is 1.62. The standard InChI is InChI=1S/C17H15N3O2/c1-11-5-7-13(8-6-11)19-16(21)14-10-12-4-3-9-18-15(12)20(2)17(14)22/h3-10H,1-2H3,(H,19,21). The molecule has 0 fully saturated rings. The number of anilines is 1. The van der Waals surface area contributed by atoms with Gasteiger partial charge in [-0.3, -0.25) is 14.2 Å². The molecule has 3 aromatic rings. The summed E-state index contributed by atoms with van der Waals surface area (Å²) < 4.78 is 1.39. The number of aryl methyl sites for hydroxylation is 2. The van der Waals surface area contributed by atoms with Crippen molar-refractivity contribution in [3.63, 3.8) is 0 Å². The first-order valence-corrected chi connectivity index (χ1v) is 6.89. The maximum absolute atomic E-state index is 12.4. The second kappa shape index (κ2) is 5.44. The lowest BCUT2D eigenvalue weighted by molar-refractivity contribution is 0.102. The van der Waals surface area contributed by atoms with E-state index in [2.05, 4.69) is 10.3 Å². The molecule has 0 bridgehead atoms. The predicted molar refractivity (Wildman–Crippen MR) is 86.1 cm³/mol. The van der Waals surface area contributed by atoms with E-state index in [4.69, 9.17) is 0 Å². The van der Waals surface area contributed by atoms with Crippen LogP contribution >= 0.6 is 0 Å². The Hall–Kier alpha value is -2.95. The molecule has 2 heterocycles. The highest BCUT2D eigenvalue weighted by molar-refractivity contribution is 6.05.